The predicted molar refractivity (Wildman–Crippen MR) is 99.0 cm³/mol. The zero-order chi connectivity index (χ0) is 18.4. The van der Waals surface area contributed by atoms with Gasteiger partial charge in [0.05, 0.1) is 12.3 Å². The molecule has 0 aliphatic heterocycles. The highest BCUT2D eigenvalue weighted by Crippen LogP contribution is 2.19. The second-order valence-electron chi connectivity index (χ2n) is 5.96. The summed E-state index contributed by atoms with van der Waals surface area (Å²) in [5.41, 5.74) is 1.78. The van der Waals surface area contributed by atoms with Gasteiger partial charge in [-0.25, -0.2) is 4.39 Å². The van der Waals surface area contributed by atoms with Crippen LogP contribution in [0.15, 0.2) is 54.7 Å². The van der Waals surface area contributed by atoms with Crippen LogP contribution in [0.1, 0.15) is 19.4 Å². The average Bonchev–Trinajstić information content (AvgIpc) is 2.63. The fraction of sp³-hybridized carbons (Fsp3) is 0.211. The highest BCUT2D eigenvalue weighted by molar-refractivity contribution is 5.55. The van der Waals surface area contributed by atoms with E-state index in [0.29, 0.717) is 18.3 Å². The van der Waals surface area contributed by atoms with Crippen molar-refractivity contribution < 1.29 is 9.13 Å². The summed E-state index contributed by atoms with van der Waals surface area (Å²) in [6.45, 7) is 4.48. The summed E-state index contributed by atoms with van der Waals surface area (Å²) in [5, 5.41) is 14.2. The quantitative estimate of drug-likeness (QED) is 0.665. The number of hydrogen-bond donors (Lipinski definition) is 2. The molecule has 0 aliphatic rings. The molecule has 0 saturated carbocycles. The van der Waals surface area contributed by atoms with Crippen LogP contribution in [0.25, 0.3) is 0 Å². The van der Waals surface area contributed by atoms with Crippen molar-refractivity contribution in [3.8, 4) is 5.75 Å². The zero-order valence-corrected chi connectivity index (χ0v) is 14.6. The van der Waals surface area contributed by atoms with Gasteiger partial charge in [-0.2, -0.15) is 10.1 Å². The van der Waals surface area contributed by atoms with Crippen molar-refractivity contribution in [2.75, 3.05) is 10.6 Å². The minimum absolute atomic E-state index is 0.130. The molecule has 0 bridgehead atoms. The van der Waals surface area contributed by atoms with E-state index < -0.39 is 0 Å². The molecule has 0 atom stereocenters. The lowest BCUT2D eigenvalue weighted by Gasteiger charge is -2.11. The van der Waals surface area contributed by atoms with E-state index in [1.807, 2.05) is 38.1 Å². The molecule has 0 amide bonds. The van der Waals surface area contributed by atoms with E-state index in [9.17, 15) is 4.39 Å². The summed E-state index contributed by atoms with van der Waals surface area (Å²) in [6, 6.07) is 13.8. The highest BCUT2D eigenvalue weighted by atomic mass is 19.1. The monoisotopic (exact) mass is 353 g/mol. The van der Waals surface area contributed by atoms with Crippen LogP contribution >= 0.6 is 0 Å². The van der Waals surface area contributed by atoms with Crippen LogP contribution in [0.2, 0.25) is 0 Å². The zero-order valence-electron chi connectivity index (χ0n) is 14.6. The summed E-state index contributed by atoms with van der Waals surface area (Å²) in [6.07, 6.45) is 1.67. The first-order valence-corrected chi connectivity index (χ1v) is 8.30. The molecule has 0 spiro atoms. The predicted octanol–water partition coefficient (Wildman–Crippen LogP) is 4.15. The van der Waals surface area contributed by atoms with E-state index in [0.717, 1.165) is 17.0 Å². The maximum atomic E-state index is 12.9. The number of nitrogens with one attached hydrogen (secondary N) is 2. The lowest BCUT2D eigenvalue weighted by atomic mass is 10.2. The van der Waals surface area contributed by atoms with Crippen molar-refractivity contribution >= 4 is 17.5 Å². The van der Waals surface area contributed by atoms with Crippen molar-refractivity contribution in [3.63, 3.8) is 0 Å². The molecular formula is C19H20FN5O. The van der Waals surface area contributed by atoms with Gasteiger partial charge in [0.25, 0.3) is 0 Å². The van der Waals surface area contributed by atoms with Crippen molar-refractivity contribution in [3.05, 3.63) is 66.1 Å². The van der Waals surface area contributed by atoms with Crippen LogP contribution in [-0.4, -0.2) is 21.3 Å². The minimum atomic E-state index is -0.256. The summed E-state index contributed by atoms with van der Waals surface area (Å²) in [7, 11) is 0. The van der Waals surface area contributed by atoms with E-state index in [2.05, 4.69) is 25.8 Å². The van der Waals surface area contributed by atoms with Crippen LogP contribution in [-0.2, 0) is 6.54 Å². The molecular weight excluding hydrogens is 333 g/mol. The minimum Gasteiger partial charge on any atom is -0.491 e. The number of benzene rings is 2. The van der Waals surface area contributed by atoms with E-state index in [4.69, 9.17) is 4.74 Å². The third-order valence-corrected chi connectivity index (χ3v) is 3.43. The molecule has 3 aromatic rings. The Morgan fingerprint density at radius 2 is 1.77 bits per heavy atom. The lowest BCUT2D eigenvalue weighted by Crippen LogP contribution is -2.06. The summed E-state index contributed by atoms with van der Waals surface area (Å²) in [5.74, 6) is 1.51. The van der Waals surface area contributed by atoms with E-state index >= 15 is 0 Å². The topological polar surface area (TPSA) is 72.0 Å². The SMILES string of the molecule is CC(C)Oc1ccc(Nc2nncc(NCc3ccc(F)cc3)n2)cc1. The highest BCUT2D eigenvalue weighted by Gasteiger charge is 2.03. The molecule has 0 fully saturated rings. The molecule has 3 rings (SSSR count). The maximum Gasteiger partial charge on any atom is 0.249 e. The fourth-order valence-electron chi connectivity index (χ4n) is 2.25. The number of aromatic nitrogens is 3. The summed E-state index contributed by atoms with van der Waals surface area (Å²) >= 11 is 0. The van der Waals surface area contributed by atoms with Gasteiger partial charge in [0.1, 0.15) is 11.6 Å². The van der Waals surface area contributed by atoms with Gasteiger partial charge in [0, 0.05) is 12.2 Å². The first-order chi connectivity index (χ1) is 12.6. The van der Waals surface area contributed by atoms with E-state index in [1.54, 1.807) is 12.1 Å². The number of hydrogen-bond acceptors (Lipinski definition) is 6. The first-order valence-electron chi connectivity index (χ1n) is 8.30. The Bertz CT molecular complexity index is 837. The fourth-order valence-corrected chi connectivity index (χ4v) is 2.25. The second-order valence-corrected chi connectivity index (χ2v) is 5.96. The third-order valence-electron chi connectivity index (χ3n) is 3.43. The Balaban J connectivity index is 1.60. The molecule has 0 aliphatic carbocycles. The number of ether oxygens (including phenoxy) is 1. The number of anilines is 3. The van der Waals surface area contributed by atoms with Crippen LogP contribution < -0.4 is 15.4 Å². The molecule has 0 unspecified atom stereocenters. The maximum absolute atomic E-state index is 12.9. The molecule has 0 saturated heterocycles. The van der Waals surface area contributed by atoms with Gasteiger partial charge in [0.2, 0.25) is 5.95 Å². The molecule has 134 valence electrons. The van der Waals surface area contributed by atoms with Gasteiger partial charge >= 0.3 is 0 Å². The third kappa shape index (κ3) is 5.14. The van der Waals surface area contributed by atoms with Crippen LogP contribution in [0, 0.1) is 5.82 Å². The average molecular weight is 353 g/mol. The van der Waals surface area contributed by atoms with Gasteiger partial charge in [-0.15, -0.1) is 5.10 Å². The van der Waals surface area contributed by atoms with Gasteiger partial charge < -0.3 is 15.4 Å². The molecule has 7 heteroatoms. The molecule has 0 radical (unpaired) electrons. The Morgan fingerprint density at radius 3 is 2.46 bits per heavy atom. The first kappa shape index (κ1) is 17.6. The van der Waals surface area contributed by atoms with Crippen molar-refractivity contribution in [2.45, 2.75) is 26.5 Å². The Hall–Kier alpha value is -3.22. The van der Waals surface area contributed by atoms with E-state index in [1.165, 1.54) is 18.3 Å². The number of halogens is 1. The van der Waals surface area contributed by atoms with Gasteiger partial charge in [0.15, 0.2) is 5.82 Å². The number of rotatable bonds is 7. The lowest BCUT2D eigenvalue weighted by molar-refractivity contribution is 0.242. The van der Waals surface area contributed by atoms with E-state index in [-0.39, 0.29) is 11.9 Å². The summed E-state index contributed by atoms with van der Waals surface area (Å²) < 4.78 is 18.5. The molecule has 2 N–H and O–H groups in total. The van der Waals surface area contributed by atoms with Crippen molar-refractivity contribution in [1.29, 1.82) is 0 Å². The second kappa shape index (κ2) is 8.24. The summed E-state index contributed by atoms with van der Waals surface area (Å²) in [4.78, 5) is 4.37. The smallest absolute Gasteiger partial charge is 0.249 e. The Kier molecular flexibility index (Phi) is 5.58. The number of nitrogens with zero attached hydrogens (tertiary/aromatic N) is 3. The van der Waals surface area contributed by atoms with Crippen LogP contribution in [0.3, 0.4) is 0 Å². The normalized spacial score (nSPS) is 10.6. The van der Waals surface area contributed by atoms with Gasteiger partial charge in [-0.3, -0.25) is 0 Å². The van der Waals surface area contributed by atoms with Crippen molar-refractivity contribution in [1.82, 2.24) is 15.2 Å². The van der Waals surface area contributed by atoms with Gasteiger partial charge in [-0.1, -0.05) is 12.1 Å². The molecule has 6 nitrogen and oxygen atoms in total. The molecule has 26 heavy (non-hydrogen) atoms. The Morgan fingerprint density at radius 1 is 1.04 bits per heavy atom. The molecule has 1 heterocycles. The standard InChI is InChI=1S/C19H20FN5O/c1-13(2)26-17-9-7-16(8-10-17)23-19-24-18(12-22-25-19)21-11-14-3-5-15(20)6-4-14/h3-10,12-13H,11H2,1-2H3,(H2,21,23,24,25). The van der Waals surface area contributed by atoms with Gasteiger partial charge in [-0.05, 0) is 55.8 Å². The van der Waals surface area contributed by atoms with Crippen molar-refractivity contribution in [2.24, 2.45) is 0 Å². The molecule has 1 aromatic heterocycles. The largest absolute Gasteiger partial charge is 0.491 e. The molecule has 2 aromatic carbocycles. The Labute approximate surface area is 151 Å². The van der Waals surface area contributed by atoms with Crippen LogP contribution in [0.4, 0.5) is 21.8 Å². The van der Waals surface area contributed by atoms with Crippen LogP contribution in [0.5, 0.6) is 5.75 Å².